The lowest BCUT2D eigenvalue weighted by atomic mass is 9.90. The number of alkyl carbamates (subject to hydrolysis) is 1. The van der Waals surface area contributed by atoms with Gasteiger partial charge < -0.3 is 19.5 Å². The van der Waals surface area contributed by atoms with Crippen molar-refractivity contribution in [3.8, 4) is 0 Å². The largest absolute Gasteiger partial charge is 0.458 e. The van der Waals surface area contributed by atoms with Crippen molar-refractivity contribution in [2.45, 2.75) is 98.0 Å². The van der Waals surface area contributed by atoms with Gasteiger partial charge in [0.25, 0.3) is 0 Å². The summed E-state index contributed by atoms with van der Waals surface area (Å²) in [6.45, 7) is 14.2. The van der Waals surface area contributed by atoms with Crippen LogP contribution in [0, 0.1) is 11.8 Å². The van der Waals surface area contributed by atoms with Crippen molar-refractivity contribution in [2.75, 3.05) is 6.61 Å². The normalized spacial score (nSPS) is 27.9. The Bertz CT molecular complexity index is 458. The lowest BCUT2D eigenvalue weighted by Crippen LogP contribution is -2.46. The van der Waals surface area contributed by atoms with Crippen LogP contribution in [0.15, 0.2) is 0 Å². The highest BCUT2D eigenvalue weighted by Gasteiger charge is 2.34. The summed E-state index contributed by atoms with van der Waals surface area (Å²) in [4.78, 5) is 24.6. The van der Waals surface area contributed by atoms with E-state index in [2.05, 4.69) is 26.1 Å². The van der Waals surface area contributed by atoms with Crippen LogP contribution in [0.1, 0.15) is 74.1 Å². The fraction of sp³-hybridized carbons (Fsp3) is 0.900. The highest BCUT2D eigenvalue weighted by atomic mass is 16.6. The van der Waals surface area contributed by atoms with Gasteiger partial charge in [-0.1, -0.05) is 33.6 Å². The first-order chi connectivity index (χ1) is 12.0. The Morgan fingerprint density at radius 2 is 1.96 bits per heavy atom. The average Bonchev–Trinajstić information content (AvgIpc) is 2.53. The lowest BCUT2D eigenvalue weighted by Gasteiger charge is -2.31. The second-order valence-corrected chi connectivity index (χ2v) is 8.63. The van der Waals surface area contributed by atoms with Crippen LogP contribution in [-0.4, -0.2) is 42.5 Å². The summed E-state index contributed by atoms with van der Waals surface area (Å²) >= 11 is 0. The summed E-state index contributed by atoms with van der Waals surface area (Å²) in [5.74, 6) is 0.333. The number of amides is 1. The minimum Gasteiger partial charge on any atom is -0.458 e. The molecule has 26 heavy (non-hydrogen) atoms. The van der Waals surface area contributed by atoms with Gasteiger partial charge in [0.05, 0.1) is 6.10 Å². The Kier molecular flexibility index (Phi) is 8.87. The van der Waals surface area contributed by atoms with Crippen LogP contribution in [0.2, 0.25) is 0 Å². The lowest BCUT2D eigenvalue weighted by molar-refractivity contribution is -0.161. The molecule has 1 N–H and O–H groups in total. The molecule has 0 aromatic rings. The van der Waals surface area contributed by atoms with E-state index in [4.69, 9.17) is 14.2 Å². The monoisotopic (exact) mass is 371 g/mol. The Hall–Kier alpha value is -1.30. The molecule has 0 bridgehead atoms. The number of rotatable bonds is 5. The third-order valence-corrected chi connectivity index (χ3v) is 4.42. The molecule has 1 saturated heterocycles. The highest BCUT2D eigenvalue weighted by molar-refractivity contribution is 5.81. The summed E-state index contributed by atoms with van der Waals surface area (Å²) in [5, 5.41) is 2.66. The molecule has 4 unspecified atom stereocenters. The molecule has 1 aliphatic heterocycles. The van der Waals surface area contributed by atoms with E-state index in [9.17, 15) is 9.59 Å². The number of esters is 1. The number of hydrogen-bond donors (Lipinski definition) is 1. The molecule has 4 atom stereocenters. The molecule has 0 aliphatic carbocycles. The van der Waals surface area contributed by atoms with E-state index < -0.39 is 23.7 Å². The van der Waals surface area contributed by atoms with Gasteiger partial charge in [-0.3, -0.25) is 0 Å². The van der Waals surface area contributed by atoms with Crippen LogP contribution >= 0.6 is 0 Å². The first-order valence-corrected chi connectivity index (χ1v) is 9.85. The fourth-order valence-electron chi connectivity index (χ4n) is 3.17. The molecule has 0 aromatic heterocycles. The second kappa shape index (κ2) is 10.1. The van der Waals surface area contributed by atoms with Crippen molar-refractivity contribution in [2.24, 2.45) is 11.8 Å². The van der Waals surface area contributed by atoms with Crippen molar-refractivity contribution in [1.29, 1.82) is 0 Å². The topological polar surface area (TPSA) is 73.9 Å². The molecule has 6 heteroatoms. The minimum atomic E-state index is -0.686. The standard InChI is InChI=1S/C20H37NO5/c1-8-15-10-9-11-16(21-19(23)26-20(5,6)7)18(22)25-14(4)17(15)24-12-13(2)3/h13-17H,8-12H2,1-7H3,(H,21,23). The van der Waals surface area contributed by atoms with Crippen LogP contribution < -0.4 is 5.32 Å². The molecule has 1 heterocycles. The summed E-state index contributed by atoms with van der Waals surface area (Å²) in [6.07, 6.45) is 2.20. The predicted molar refractivity (Wildman–Crippen MR) is 101 cm³/mol. The molecule has 0 saturated carbocycles. The Labute approximate surface area is 158 Å². The van der Waals surface area contributed by atoms with Crippen LogP contribution in [0.5, 0.6) is 0 Å². The molecule has 6 nitrogen and oxygen atoms in total. The zero-order valence-corrected chi connectivity index (χ0v) is 17.5. The number of carbonyl (C=O) groups is 2. The zero-order valence-electron chi connectivity index (χ0n) is 17.5. The Morgan fingerprint density at radius 3 is 2.50 bits per heavy atom. The molecule has 152 valence electrons. The molecule has 0 aromatic carbocycles. The molecular formula is C20H37NO5. The van der Waals surface area contributed by atoms with E-state index in [-0.39, 0.29) is 12.2 Å². The van der Waals surface area contributed by atoms with Gasteiger partial charge in [-0.2, -0.15) is 0 Å². The van der Waals surface area contributed by atoms with E-state index >= 15 is 0 Å². The molecule has 1 amide bonds. The zero-order chi connectivity index (χ0) is 19.9. The summed E-state index contributed by atoms with van der Waals surface area (Å²) in [5.41, 5.74) is -0.608. The summed E-state index contributed by atoms with van der Waals surface area (Å²) in [6, 6.07) is -0.686. The van der Waals surface area contributed by atoms with Gasteiger partial charge in [-0.05, 0) is 52.4 Å². The average molecular weight is 372 g/mol. The number of nitrogens with one attached hydrogen (secondary N) is 1. The predicted octanol–water partition coefficient (Wildman–Crippen LogP) is 4.06. The van der Waals surface area contributed by atoms with Crippen LogP contribution in [-0.2, 0) is 19.0 Å². The molecule has 0 radical (unpaired) electrons. The van der Waals surface area contributed by atoms with Crippen molar-refractivity contribution >= 4 is 12.1 Å². The first-order valence-electron chi connectivity index (χ1n) is 9.85. The van der Waals surface area contributed by atoms with Gasteiger partial charge >= 0.3 is 12.1 Å². The third-order valence-electron chi connectivity index (χ3n) is 4.42. The smallest absolute Gasteiger partial charge is 0.408 e. The van der Waals surface area contributed by atoms with Crippen molar-refractivity contribution in [3.63, 3.8) is 0 Å². The highest BCUT2D eigenvalue weighted by Crippen LogP contribution is 2.27. The van der Waals surface area contributed by atoms with Crippen molar-refractivity contribution in [3.05, 3.63) is 0 Å². The number of carbonyl (C=O) groups excluding carboxylic acids is 2. The Balaban J connectivity index is 2.80. The van der Waals surface area contributed by atoms with Gasteiger partial charge in [0, 0.05) is 6.61 Å². The van der Waals surface area contributed by atoms with E-state index in [1.807, 2.05) is 6.92 Å². The van der Waals surface area contributed by atoms with Gasteiger partial charge in [-0.15, -0.1) is 0 Å². The van der Waals surface area contributed by atoms with Crippen LogP contribution in [0.3, 0.4) is 0 Å². The van der Waals surface area contributed by atoms with Crippen molar-refractivity contribution in [1.82, 2.24) is 5.32 Å². The van der Waals surface area contributed by atoms with Crippen LogP contribution in [0.25, 0.3) is 0 Å². The first kappa shape index (κ1) is 22.7. The van der Waals surface area contributed by atoms with E-state index in [1.54, 1.807) is 20.8 Å². The quantitative estimate of drug-likeness (QED) is 0.738. The van der Waals surface area contributed by atoms with E-state index in [1.165, 1.54) is 0 Å². The number of hydrogen-bond acceptors (Lipinski definition) is 5. The maximum atomic E-state index is 12.6. The van der Waals surface area contributed by atoms with Gasteiger partial charge in [-0.25, -0.2) is 9.59 Å². The van der Waals surface area contributed by atoms with Gasteiger partial charge in [0.2, 0.25) is 0 Å². The third kappa shape index (κ3) is 7.94. The molecule has 1 fully saturated rings. The SMILES string of the molecule is CCC1CCCC(NC(=O)OC(C)(C)C)C(=O)OC(C)C1OCC(C)C. The number of ether oxygens (including phenoxy) is 3. The van der Waals surface area contributed by atoms with E-state index in [0.29, 0.717) is 24.9 Å². The maximum Gasteiger partial charge on any atom is 0.408 e. The second-order valence-electron chi connectivity index (χ2n) is 8.63. The summed E-state index contributed by atoms with van der Waals surface area (Å²) in [7, 11) is 0. The molecular weight excluding hydrogens is 334 g/mol. The fourth-order valence-corrected chi connectivity index (χ4v) is 3.17. The molecule has 1 rings (SSSR count). The van der Waals surface area contributed by atoms with Gasteiger partial charge in [0.1, 0.15) is 17.7 Å². The van der Waals surface area contributed by atoms with Crippen molar-refractivity contribution < 1.29 is 23.8 Å². The minimum absolute atomic E-state index is 0.119. The molecule has 1 aliphatic rings. The van der Waals surface area contributed by atoms with Crippen LogP contribution in [0.4, 0.5) is 4.79 Å². The number of cyclic esters (lactones) is 1. The maximum absolute atomic E-state index is 12.6. The van der Waals surface area contributed by atoms with Gasteiger partial charge in [0.15, 0.2) is 0 Å². The molecule has 0 spiro atoms. The Morgan fingerprint density at radius 1 is 1.31 bits per heavy atom. The summed E-state index contributed by atoms with van der Waals surface area (Å²) < 4.78 is 17.0. The van der Waals surface area contributed by atoms with E-state index in [0.717, 1.165) is 19.3 Å².